The molecule has 2 aromatic heterocycles. The number of furan rings is 1. The minimum Gasteiger partial charge on any atom is -0.477 e. The van der Waals surface area contributed by atoms with Gasteiger partial charge in [-0.15, -0.1) is 0 Å². The third-order valence-corrected chi connectivity index (χ3v) is 2.18. The third-order valence-electron chi connectivity index (χ3n) is 2.18. The van der Waals surface area contributed by atoms with Gasteiger partial charge in [-0.2, -0.15) is 0 Å². The van der Waals surface area contributed by atoms with Gasteiger partial charge in [0.25, 0.3) is 5.91 Å². The zero-order valence-electron chi connectivity index (χ0n) is 9.34. The van der Waals surface area contributed by atoms with Crippen molar-refractivity contribution < 1.29 is 13.9 Å². The number of nitrogens with zero attached hydrogens (tertiary/aromatic N) is 1. The van der Waals surface area contributed by atoms with Crippen LogP contribution in [0.25, 0.3) is 11.5 Å². The van der Waals surface area contributed by atoms with Crippen molar-refractivity contribution in [2.75, 3.05) is 6.61 Å². The van der Waals surface area contributed by atoms with Gasteiger partial charge in [-0.25, -0.2) is 4.98 Å². The van der Waals surface area contributed by atoms with E-state index in [4.69, 9.17) is 14.9 Å². The number of carbonyl (C=O) groups excluding carboxylic acids is 1. The molecule has 2 rings (SSSR count). The average Bonchev–Trinajstić information content (AvgIpc) is 2.82. The molecular formula is C12H12N2O3. The molecule has 17 heavy (non-hydrogen) atoms. The Morgan fingerprint density at radius 3 is 2.88 bits per heavy atom. The maximum atomic E-state index is 11.2. The maximum Gasteiger partial charge on any atom is 0.254 e. The van der Waals surface area contributed by atoms with Crippen LogP contribution in [0, 0.1) is 0 Å². The molecule has 2 heterocycles. The normalized spacial score (nSPS) is 10.2. The molecule has 0 bridgehead atoms. The number of pyridine rings is 1. The molecule has 0 saturated heterocycles. The number of rotatable bonds is 4. The van der Waals surface area contributed by atoms with Crippen molar-refractivity contribution in [2.24, 2.45) is 5.73 Å². The summed E-state index contributed by atoms with van der Waals surface area (Å²) in [5.41, 5.74) is 6.10. The lowest BCUT2D eigenvalue weighted by molar-refractivity contribution is 0.0996. The highest BCUT2D eigenvalue weighted by molar-refractivity contribution is 5.95. The van der Waals surface area contributed by atoms with Crippen molar-refractivity contribution >= 4 is 5.91 Å². The molecule has 5 nitrogen and oxygen atoms in total. The molecular weight excluding hydrogens is 220 g/mol. The van der Waals surface area contributed by atoms with Gasteiger partial charge in [0.1, 0.15) is 11.3 Å². The number of primary amides is 1. The van der Waals surface area contributed by atoms with E-state index < -0.39 is 5.91 Å². The highest BCUT2D eigenvalue weighted by atomic mass is 16.5. The number of hydrogen-bond acceptors (Lipinski definition) is 4. The fourth-order valence-corrected chi connectivity index (χ4v) is 1.44. The Morgan fingerprint density at radius 2 is 2.29 bits per heavy atom. The summed E-state index contributed by atoms with van der Waals surface area (Å²) in [5, 5.41) is 0. The number of nitrogens with two attached hydrogens (primary N) is 1. The van der Waals surface area contributed by atoms with Crippen LogP contribution in [0.1, 0.15) is 17.3 Å². The van der Waals surface area contributed by atoms with E-state index in [2.05, 4.69) is 4.98 Å². The highest BCUT2D eigenvalue weighted by Gasteiger charge is 2.13. The standard InChI is InChI=1S/C12H12N2O3/c1-2-16-12-8(11(13)15)5-6-9(14-12)10-4-3-7-17-10/h3-7H,2H2,1H3,(H2,13,15). The first-order valence-electron chi connectivity index (χ1n) is 5.20. The Kier molecular flexibility index (Phi) is 3.09. The smallest absolute Gasteiger partial charge is 0.254 e. The van der Waals surface area contributed by atoms with Gasteiger partial charge < -0.3 is 14.9 Å². The molecule has 0 aliphatic carbocycles. The maximum absolute atomic E-state index is 11.2. The largest absolute Gasteiger partial charge is 0.477 e. The average molecular weight is 232 g/mol. The van der Waals surface area contributed by atoms with Crippen LogP contribution < -0.4 is 10.5 Å². The number of amides is 1. The van der Waals surface area contributed by atoms with E-state index in [-0.39, 0.29) is 11.4 Å². The van der Waals surface area contributed by atoms with Crippen molar-refractivity contribution in [1.82, 2.24) is 4.98 Å². The molecule has 2 N–H and O–H groups in total. The molecule has 0 fully saturated rings. The fraction of sp³-hybridized carbons (Fsp3) is 0.167. The summed E-state index contributed by atoms with van der Waals surface area (Å²) in [5.74, 6) is 0.280. The van der Waals surface area contributed by atoms with E-state index in [1.54, 1.807) is 30.5 Å². The summed E-state index contributed by atoms with van der Waals surface area (Å²) in [6, 6.07) is 6.79. The molecule has 0 aromatic carbocycles. The van der Waals surface area contributed by atoms with Crippen LogP contribution in [0.2, 0.25) is 0 Å². The first-order valence-corrected chi connectivity index (χ1v) is 5.20. The number of aromatic nitrogens is 1. The second-order valence-electron chi connectivity index (χ2n) is 3.32. The number of ether oxygens (including phenoxy) is 1. The number of hydrogen-bond donors (Lipinski definition) is 1. The molecule has 88 valence electrons. The third kappa shape index (κ3) is 2.28. The molecule has 0 aliphatic heterocycles. The second kappa shape index (κ2) is 4.69. The monoisotopic (exact) mass is 232 g/mol. The minimum atomic E-state index is -0.563. The predicted octanol–water partition coefficient (Wildman–Crippen LogP) is 1.84. The Labute approximate surface area is 98.2 Å². The quantitative estimate of drug-likeness (QED) is 0.872. The Balaban J connectivity index is 2.45. The molecule has 0 spiro atoms. The Morgan fingerprint density at radius 1 is 1.47 bits per heavy atom. The van der Waals surface area contributed by atoms with Crippen LogP contribution in [0.15, 0.2) is 34.9 Å². The summed E-state index contributed by atoms with van der Waals surface area (Å²) in [7, 11) is 0. The highest BCUT2D eigenvalue weighted by Crippen LogP contribution is 2.23. The van der Waals surface area contributed by atoms with Crippen LogP contribution in [0.4, 0.5) is 0 Å². The zero-order chi connectivity index (χ0) is 12.3. The van der Waals surface area contributed by atoms with Gasteiger partial charge in [0.15, 0.2) is 5.76 Å². The van der Waals surface area contributed by atoms with E-state index in [1.807, 2.05) is 6.92 Å². The summed E-state index contributed by atoms with van der Waals surface area (Å²) < 4.78 is 10.5. The lowest BCUT2D eigenvalue weighted by atomic mass is 10.2. The zero-order valence-corrected chi connectivity index (χ0v) is 9.34. The van der Waals surface area contributed by atoms with Crippen LogP contribution in [0.3, 0.4) is 0 Å². The van der Waals surface area contributed by atoms with Crippen molar-refractivity contribution in [2.45, 2.75) is 6.92 Å². The molecule has 0 saturated carbocycles. The predicted molar refractivity (Wildman–Crippen MR) is 61.6 cm³/mol. The van der Waals surface area contributed by atoms with Gasteiger partial charge in [-0.05, 0) is 31.2 Å². The van der Waals surface area contributed by atoms with E-state index in [9.17, 15) is 4.79 Å². The van der Waals surface area contributed by atoms with Crippen LogP contribution >= 0.6 is 0 Å². The molecule has 0 unspecified atom stereocenters. The van der Waals surface area contributed by atoms with Crippen LogP contribution in [-0.2, 0) is 0 Å². The fourth-order valence-electron chi connectivity index (χ4n) is 1.44. The summed E-state index contributed by atoms with van der Waals surface area (Å²) in [4.78, 5) is 15.4. The van der Waals surface area contributed by atoms with Crippen molar-refractivity contribution in [3.8, 4) is 17.3 Å². The Hall–Kier alpha value is -2.30. The van der Waals surface area contributed by atoms with Gasteiger partial charge >= 0.3 is 0 Å². The van der Waals surface area contributed by atoms with Crippen molar-refractivity contribution in [3.05, 3.63) is 36.1 Å². The van der Waals surface area contributed by atoms with Gasteiger partial charge in [-0.1, -0.05) is 0 Å². The van der Waals surface area contributed by atoms with E-state index in [0.717, 1.165) is 0 Å². The van der Waals surface area contributed by atoms with Gasteiger partial charge in [0, 0.05) is 0 Å². The minimum absolute atomic E-state index is 0.230. The topological polar surface area (TPSA) is 78.3 Å². The Bertz CT molecular complexity index is 521. The van der Waals surface area contributed by atoms with Gasteiger partial charge in [0.05, 0.1) is 12.9 Å². The SMILES string of the molecule is CCOc1nc(-c2ccco2)ccc1C(N)=O. The van der Waals surface area contributed by atoms with E-state index in [1.165, 1.54) is 0 Å². The first-order chi connectivity index (χ1) is 8.22. The molecule has 0 atom stereocenters. The van der Waals surface area contributed by atoms with E-state index in [0.29, 0.717) is 18.1 Å². The molecule has 2 aromatic rings. The van der Waals surface area contributed by atoms with E-state index >= 15 is 0 Å². The second-order valence-corrected chi connectivity index (χ2v) is 3.32. The summed E-state index contributed by atoms with van der Waals surface area (Å²) in [6.07, 6.45) is 1.55. The molecule has 5 heteroatoms. The first kappa shape index (κ1) is 11.2. The van der Waals surface area contributed by atoms with Crippen molar-refractivity contribution in [3.63, 3.8) is 0 Å². The van der Waals surface area contributed by atoms with Gasteiger partial charge in [-0.3, -0.25) is 4.79 Å². The summed E-state index contributed by atoms with van der Waals surface area (Å²) in [6.45, 7) is 2.22. The molecule has 0 aliphatic rings. The number of carbonyl (C=O) groups is 1. The van der Waals surface area contributed by atoms with Crippen LogP contribution in [0.5, 0.6) is 5.88 Å². The lowest BCUT2D eigenvalue weighted by Crippen LogP contribution is -2.14. The lowest BCUT2D eigenvalue weighted by Gasteiger charge is -2.07. The molecule has 1 amide bonds. The van der Waals surface area contributed by atoms with Crippen molar-refractivity contribution in [1.29, 1.82) is 0 Å². The van der Waals surface area contributed by atoms with Gasteiger partial charge in [0.2, 0.25) is 5.88 Å². The summed E-state index contributed by atoms with van der Waals surface area (Å²) >= 11 is 0. The molecule has 0 radical (unpaired) electrons. The van der Waals surface area contributed by atoms with Crippen LogP contribution in [-0.4, -0.2) is 17.5 Å².